The first-order valence-electron chi connectivity index (χ1n) is 7.26. The Bertz CT molecular complexity index is 504. The summed E-state index contributed by atoms with van der Waals surface area (Å²) in [4.78, 5) is 11.8. The van der Waals surface area contributed by atoms with Crippen molar-refractivity contribution >= 4 is 17.6 Å². The lowest BCUT2D eigenvalue weighted by Gasteiger charge is -2.20. The lowest BCUT2D eigenvalue weighted by Crippen LogP contribution is -2.43. The highest BCUT2D eigenvalue weighted by Crippen LogP contribution is 2.30. The fourth-order valence-electron chi connectivity index (χ4n) is 2.55. The molecule has 0 bridgehead atoms. The van der Waals surface area contributed by atoms with Gasteiger partial charge in [0.25, 0.3) is 0 Å². The summed E-state index contributed by atoms with van der Waals surface area (Å²) in [5, 5.41) is 3.98. The summed E-state index contributed by atoms with van der Waals surface area (Å²) >= 11 is 5.98. The van der Waals surface area contributed by atoms with Gasteiger partial charge in [0, 0.05) is 18.0 Å². The van der Waals surface area contributed by atoms with E-state index < -0.39 is 0 Å². The van der Waals surface area contributed by atoms with Gasteiger partial charge in [-0.05, 0) is 36.1 Å². The third-order valence-electron chi connectivity index (χ3n) is 3.55. The van der Waals surface area contributed by atoms with E-state index in [9.17, 15) is 4.79 Å². The van der Waals surface area contributed by atoms with Gasteiger partial charge in [0.1, 0.15) is 17.9 Å². The normalized spacial score (nSPS) is 18.2. The van der Waals surface area contributed by atoms with Crippen LogP contribution in [0.4, 0.5) is 0 Å². The Kier molecular flexibility index (Phi) is 5.48. The van der Waals surface area contributed by atoms with E-state index in [0.29, 0.717) is 12.5 Å². The minimum atomic E-state index is -0.286. The molecule has 1 heterocycles. The second-order valence-electron chi connectivity index (χ2n) is 5.81. The number of benzene rings is 1. The molecule has 2 atom stereocenters. The predicted octanol–water partition coefficient (Wildman–Crippen LogP) is 2.82. The van der Waals surface area contributed by atoms with Crippen molar-refractivity contribution < 1.29 is 14.3 Å². The summed E-state index contributed by atoms with van der Waals surface area (Å²) in [6, 6.07) is 5.37. The van der Waals surface area contributed by atoms with E-state index in [-0.39, 0.29) is 18.1 Å². The summed E-state index contributed by atoms with van der Waals surface area (Å²) < 4.78 is 10.7. The zero-order valence-corrected chi connectivity index (χ0v) is 13.4. The third-order valence-corrected chi connectivity index (χ3v) is 3.78. The van der Waals surface area contributed by atoms with Gasteiger partial charge in [-0.3, -0.25) is 4.79 Å². The van der Waals surface area contributed by atoms with Crippen molar-refractivity contribution in [2.45, 2.75) is 38.8 Å². The highest BCUT2D eigenvalue weighted by molar-refractivity contribution is 6.30. The van der Waals surface area contributed by atoms with Gasteiger partial charge in [-0.1, -0.05) is 25.4 Å². The van der Waals surface area contributed by atoms with Crippen LogP contribution in [0.25, 0.3) is 0 Å². The molecule has 5 heteroatoms. The Morgan fingerprint density at radius 1 is 1.52 bits per heavy atom. The van der Waals surface area contributed by atoms with Gasteiger partial charge >= 0.3 is 5.97 Å². The first-order chi connectivity index (χ1) is 9.99. The van der Waals surface area contributed by atoms with E-state index in [1.165, 1.54) is 7.11 Å². The molecule has 1 aromatic carbocycles. The van der Waals surface area contributed by atoms with Crippen molar-refractivity contribution in [1.82, 2.24) is 5.32 Å². The van der Waals surface area contributed by atoms with E-state index in [1.807, 2.05) is 18.2 Å². The quantitative estimate of drug-likeness (QED) is 0.821. The molecule has 0 saturated carbocycles. The van der Waals surface area contributed by atoms with Crippen LogP contribution in [0, 0.1) is 5.92 Å². The van der Waals surface area contributed by atoms with Crippen LogP contribution >= 0.6 is 11.6 Å². The van der Waals surface area contributed by atoms with Crippen LogP contribution in [-0.4, -0.2) is 31.8 Å². The number of halogens is 1. The summed E-state index contributed by atoms with van der Waals surface area (Å²) in [7, 11) is 1.42. The number of fused-ring (bicyclic) bond motifs is 1. The first-order valence-corrected chi connectivity index (χ1v) is 7.63. The standard InChI is InChI=1S/C16H22ClNO3/c1-10(2)6-14(16(19)20-3)18-9-13-8-11-7-12(17)4-5-15(11)21-13/h4-5,7,10,13-14,18H,6,8-9H2,1-3H3. The smallest absolute Gasteiger partial charge is 0.322 e. The van der Waals surface area contributed by atoms with Crippen molar-refractivity contribution in [3.05, 3.63) is 28.8 Å². The third kappa shape index (κ3) is 4.35. The Morgan fingerprint density at radius 2 is 2.29 bits per heavy atom. The van der Waals surface area contributed by atoms with Gasteiger partial charge in [-0.15, -0.1) is 0 Å². The maximum Gasteiger partial charge on any atom is 0.322 e. The Labute approximate surface area is 130 Å². The second-order valence-corrected chi connectivity index (χ2v) is 6.25. The molecule has 2 rings (SSSR count). The molecular formula is C16H22ClNO3. The molecule has 4 nitrogen and oxygen atoms in total. The van der Waals surface area contributed by atoms with E-state index in [0.717, 1.165) is 29.2 Å². The summed E-state index contributed by atoms with van der Waals surface area (Å²) in [6.45, 7) is 4.78. The molecular weight excluding hydrogens is 290 g/mol. The van der Waals surface area contributed by atoms with Gasteiger partial charge in [0.2, 0.25) is 0 Å². The number of rotatable bonds is 6. The Balaban J connectivity index is 1.89. The number of carbonyl (C=O) groups is 1. The molecule has 0 radical (unpaired) electrons. The number of carbonyl (C=O) groups excluding carboxylic acids is 1. The minimum Gasteiger partial charge on any atom is -0.488 e. The molecule has 1 aliphatic rings. The molecule has 1 aliphatic heterocycles. The second kappa shape index (κ2) is 7.14. The summed E-state index contributed by atoms with van der Waals surface area (Å²) in [5.41, 5.74) is 1.12. The number of hydrogen-bond donors (Lipinski definition) is 1. The molecule has 1 N–H and O–H groups in total. The Morgan fingerprint density at radius 3 is 2.95 bits per heavy atom. The van der Waals surface area contributed by atoms with Crippen molar-refractivity contribution in [2.75, 3.05) is 13.7 Å². The maximum absolute atomic E-state index is 11.8. The van der Waals surface area contributed by atoms with E-state index >= 15 is 0 Å². The molecule has 21 heavy (non-hydrogen) atoms. The largest absolute Gasteiger partial charge is 0.488 e. The van der Waals surface area contributed by atoms with Crippen LogP contribution < -0.4 is 10.1 Å². The topological polar surface area (TPSA) is 47.6 Å². The van der Waals surface area contributed by atoms with Gasteiger partial charge in [-0.25, -0.2) is 0 Å². The highest BCUT2D eigenvalue weighted by atomic mass is 35.5. The number of ether oxygens (including phenoxy) is 2. The van der Waals surface area contributed by atoms with Crippen LogP contribution in [0.3, 0.4) is 0 Å². The van der Waals surface area contributed by atoms with Crippen molar-refractivity contribution in [1.29, 1.82) is 0 Å². The van der Waals surface area contributed by atoms with Crippen LogP contribution in [0.2, 0.25) is 5.02 Å². The van der Waals surface area contributed by atoms with Crippen molar-refractivity contribution in [2.24, 2.45) is 5.92 Å². The molecule has 0 aliphatic carbocycles. The molecule has 0 amide bonds. The lowest BCUT2D eigenvalue weighted by atomic mass is 10.0. The minimum absolute atomic E-state index is 0.0257. The zero-order valence-electron chi connectivity index (χ0n) is 12.7. The molecule has 2 unspecified atom stereocenters. The van der Waals surface area contributed by atoms with E-state index in [4.69, 9.17) is 21.1 Å². The van der Waals surface area contributed by atoms with Crippen LogP contribution in [0.5, 0.6) is 5.75 Å². The average Bonchev–Trinajstić information content (AvgIpc) is 2.84. The number of nitrogens with one attached hydrogen (secondary N) is 1. The molecule has 116 valence electrons. The fourth-order valence-corrected chi connectivity index (χ4v) is 2.75. The molecule has 0 spiro atoms. The summed E-state index contributed by atoms with van der Waals surface area (Å²) in [6.07, 6.45) is 1.58. The zero-order chi connectivity index (χ0) is 15.4. The van der Waals surface area contributed by atoms with Crippen molar-refractivity contribution in [3.8, 4) is 5.75 Å². The maximum atomic E-state index is 11.8. The Hall–Kier alpha value is -1.26. The lowest BCUT2D eigenvalue weighted by molar-refractivity contribution is -0.143. The predicted molar refractivity (Wildman–Crippen MR) is 82.8 cm³/mol. The number of hydrogen-bond acceptors (Lipinski definition) is 4. The van der Waals surface area contributed by atoms with Gasteiger partial charge in [0.05, 0.1) is 7.11 Å². The number of esters is 1. The van der Waals surface area contributed by atoms with Crippen LogP contribution in [0.15, 0.2) is 18.2 Å². The molecule has 1 aromatic rings. The van der Waals surface area contributed by atoms with Gasteiger partial charge < -0.3 is 14.8 Å². The molecule has 0 fully saturated rings. The molecule has 0 saturated heterocycles. The van der Waals surface area contributed by atoms with Gasteiger partial charge in [-0.2, -0.15) is 0 Å². The van der Waals surface area contributed by atoms with Crippen molar-refractivity contribution in [3.63, 3.8) is 0 Å². The fraction of sp³-hybridized carbons (Fsp3) is 0.562. The summed E-state index contributed by atoms with van der Waals surface area (Å²) in [5.74, 6) is 1.08. The van der Waals surface area contributed by atoms with Gasteiger partial charge in [0.15, 0.2) is 0 Å². The van der Waals surface area contributed by atoms with Crippen LogP contribution in [-0.2, 0) is 16.0 Å². The van der Waals surface area contributed by atoms with E-state index in [2.05, 4.69) is 19.2 Å². The van der Waals surface area contributed by atoms with Crippen LogP contribution in [0.1, 0.15) is 25.8 Å². The number of methoxy groups -OCH3 is 1. The first kappa shape index (κ1) is 16.1. The monoisotopic (exact) mass is 311 g/mol. The highest BCUT2D eigenvalue weighted by Gasteiger charge is 2.26. The average molecular weight is 312 g/mol. The SMILES string of the molecule is COC(=O)C(CC(C)C)NCC1Cc2cc(Cl)ccc2O1. The van der Waals surface area contributed by atoms with E-state index in [1.54, 1.807) is 0 Å². The molecule has 0 aromatic heterocycles.